The number of nitrogens with zero attached hydrogens (tertiary/aromatic N) is 3. The van der Waals surface area contributed by atoms with Crippen LogP contribution in [0.2, 0.25) is 0 Å². The minimum Gasteiger partial charge on any atom is -0.396 e. The van der Waals surface area contributed by atoms with Crippen molar-refractivity contribution in [2.75, 3.05) is 6.61 Å². The van der Waals surface area contributed by atoms with Gasteiger partial charge in [-0.15, -0.1) is 0 Å². The Kier molecular flexibility index (Phi) is 6.77. The molecule has 1 atom stereocenters. The van der Waals surface area contributed by atoms with E-state index in [0.717, 1.165) is 61.2 Å². The third-order valence-corrected chi connectivity index (χ3v) is 5.91. The molecule has 3 heterocycles. The Morgan fingerprint density at radius 1 is 1.06 bits per heavy atom. The van der Waals surface area contributed by atoms with Crippen LogP contribution in [-0.2, 0) is 0 Å². The van der Waals surface area contributed by atoms with Gasteiger partial charge in [0.25, 0.3) is 0 Å². The Morgan fingerprint density at radius 3 is 2.56 bits per heavy atom. The fraction of sp³-hybridized carbons (Fsp3) is 0.296. The number of nitrogens with one attached hydrogen (secondary N) is 1. The summed E-state index contributed by atoms with van der Waals surface area (Å²) in [6.45, 7) is 9.77. The van der Waals surface area contributed by atoms with Gasteiger partial charge in [0.05, 0.1) is 22.2 Å². The van der Waals surface area contributed by atoms with E-state index in [4.69, 9.17) is 9.51 Å². The van der Waals surface area contributed by atoms with Crippen molar-refractivity contribution in [2.24, 2.45) is 0 Å². The molecule has 0 aliphatic heterocycles. The van der Waals surface area contributed by atoms with E-state index in [1.807, 2.05) is 45.9 Å². The van der Waals surface area contributed by atoms with Crippen molar-refractivity contribution in [3.05, 3.63) is 65.4 Å². The van der Waals surface area contributed by atoms with Crippen molar-refractivity contribution in [1.29, 1.82) is 0 Å². The highest BCUT2D eigenvalue weighted by atomic mass is 16.5. The summed E-state index contributed by atoms with van der Waals surface area (Å²) in [7, 11) is 0. The Hall–Kier alpha value is -3.55. The first kappa shape index (κ1) is 23.6. The number of hydrogen-bond acceptors (Lipinski definition) is 6. The topological polar surface area (TPSA) is 108 Å². The Bertz CT molecular complexity index is 1430. The molecule has 7 heteroatoms. The molecule has 34 heavy (non-hydrogen) atoms. The lowest BCUT2D eigenvalue weighted by Gasteiger charge is -2.13. The Labute approximate surface area is 198 Å². The molecule has 1 unspecified atom stereocenters. The van der Waals surface area contributed by atoms with E-state index in [-0.39, 0.29) is 13.0 Å². The van der Waals surface area contributed by atoms with Crippen LogP contribution >= 0.6 is 0 Å². The summed E-state index contributed by atoms with van der Waals surface area (Å²) < 4.78 is 5.42. The van der Waals surface area contributed by atoms with Gasteiger partial charge in [0, 0.05) is 35.7 Å². The molecule has 0 radical (unpaired) electrons. The quantitative estimate of drug-likeness (QED) is 0.307. The highest BCUT2D eigenvalue weighted by Crippen LogP contribution is 2.40. The zero-order chi connectivity index (χ0) is 24.4. The van der Waals surface area contributed by atoms with Crippen molar-refractivity contribution < 1.29 is 14.7 Å². The molecular weight excluding hydrogens is 428 g/mol. The third-order valence-electron chi connectivity index (χ3n) is 5.91. The number of pyridine rings is 1. The minimum absolute atomic E-state index is 0.122. The molecule has 0 saturated carbocycles. The van der Waals surface area contributed by atoms with Crippen LogP contribution in [0.5, 0.6) is 0 Å². The van der Waals surface area contributed by atoms with E-state index in [2.05, 4.69) is 40.2 Å². The van der Waals surface area contributed by atoms with Crippen molar-refractivity contribution in [3.8, 4) is 22.3 Å². The van der Waals surface area contributed by atoms with Crippen LogP contribution in [0.15, 0.2) is 47.1 Å². The second kappa shape index (κ2) is 9.75. The number of aryl methyl sites for hydroxylation is 3. The summed E-state index contributed by atoms with van der Waals surface area (Å²) in [5, 5.41) is 24.9. The molecule has 0 aliphatic rings. The number of aromatic amines is 1. The monoisotopic (exact) mass is 458 g/mol. The van der Waals surface area contributed by atoms with Gasteiger partial charge in [-0.3, -0.25) is 4.98 Å². The third kappa shape index (κ3) is 4.08. The number of fused-ring (bicyclic) bond motifs is 2. The molecule has 176 valence electrons. The number of aliphatic hydroxyl groups excluding tert-OH is 2. The lowest BCUT2D eigenvalue weighted by molar-refractivity contribution is 0.127. The summed E-state index contributed by atoms with van der Waals surface area (Å²) in [6.07, 6.45) is 1.12. The summed E-state index contributed by atoms with van der Waals surface area (Å²) in [6, 6.07) is 12.2. The van der Waals surface area contributed by atoms with E-state index >= 15 is 0 Å². The van der Waals surface area contributed by atoms with Crippen molar-refractivity contribution in [3.63, 3.8) is 0 Å². The summed E-state index contributed by atoms with van der Waals surface area (Å²) in [5.41, 5.74) is 8.24. The van der Waals surface area contributed by atoms with Gasteiger partial charge in [-0.2, -0.15) is 0 Å². The predicted octanol–water partition coefficient (Wildman–Crippen LogP) is 5.80. The van der Waals surface area contributed by atoms with Crippen LogP contribution in [0.25, 0.3) is 44.2 Å². The van der Waals surface area contributed by atoms with Crippen LogP contribution < -0.4 is 0 Å². The first-order valence-electron chi connectivity index (χ1n) is 11.6. The predicted molar refractivity (Wildman–Crippen MR) is 135 cm³/mol. The van der Waals surface area contributed by atoms with Crippen molar-refractivity contribution in [2.45, 2.75) is 47.1 Å². The fourth-order valence-electron chi connectivity index (χ4n) is 4.40. The molecule has 0 saturated heterocycles. The van der Waals surface area contributed by atoms with E-state index in [1.54, 1.807) is 6.20 Å². The van der Waals surface area contributed by atoms with Gasteiger partial charge >= 0.3 is 0 Å². The molecule has 0 aliphatic carbocycles. The average molecular weight is 459 g/mol. The normalized spacial score (nSPS) is 12.1. The highest BCUT2D eigenvalue weighted by Gasteiger charge is 2.21. The molecule has 2 aromatic carbocycles. The molecule has 0 bridgehead atoms. The molecule has 0 spiro atoms. The maximum Gasteiger partial charge on any atom is 0.141 e. The number of benzene rings is 2. The summed E-state index contributed by atoms with van der Waals surface area (Å²) in [4.78, 5) is 12.5. The van der Waals surface area contributed by atoms with Gasteiger partial charge < -0.3 is 19.7 Å². The first-order valence-corrected chi connectivity index (χ1v) is 11.6. The van der Waals surface area contributed by atoms with Gasteiger partial charge in [-0.25, -0.2) is 4.98 Å². The SMILES string of the molecule is CC.Cc1ccc2ncccc2c1-c1cc(-c2c(C)noc2C)cc2[nH]c(C(O)CCO)nc12. The molecule has 0 amide bonds. The van der Waals surface area contributed by atoms with Gasteiger partial charge in [-0.05, 0) is 61.7 Å². The van der Waals surface area contributed by atoms with Gasteiger partial charge in [-0.1, -0.05) is 31.1 Å². The number of rotatable bonds is 5. The molecule has 5 rings (SSSR count). The maximum atomic E-state index is 10.5. The van der Waals surface area contributed by atoms with Crippen LogP contribution in [0.1, 0.15) is 49.2 Å². The standard InChI is InChI=1S/C25H24N4O3.C2H6/c1-13-6-7-19-17(5-4-9-26-19)22(13)18-11-16(23-14(2)29-32-15(23)3)12-20-24(18)28-25(27-20)21(31)8-10-30;1-2/h4-7,9,11-12,21,30-31H,8,10H2,1-3H3,(H,27,28);1-2H3. The van der Waals surface area contributed by atoms with Crippen molar-refractivity contribution >= 4 is 21.9 Å². The lowest BCUT2D eigenvalue weighted by Crippen LogP contribution is -2.01. The number of aliphatic hydroxyl groups is 2. The minimum atomic E-state index is -0.877. The molecule has 7 nitrogen and oxygen atoms in total. The summed E-state index contributed by atoms with van der Waals surface area (Å²) in [5.74, 6) is 1.17. The number of hydrogen-bond donors (Lipinski definition) is 3. The first-order chi connectivity index (χ1) is 16.5. The number of imidazole rings is 1. The van der Waals surface area contributed by atoms with E-state index in [1.165, 1.54) is 0 Å². The van der Waals surface area contributed by atoms with Crippen LogP contribution in [0.4, 0.5) is 0 Å². The molecular formula is C27H30N4O3. The second-order valence-electron chi connectivity index (χ2n) is 8.10. The fourth-order valence-corrected chi connectivity index (χ4v) is 4.40. The summed E-state index contributed by atoms with van der Waals surface area (Å²) >= 11 is 0. The lowest BCUT2D eigenvalue weighted by atomic mass is 9.92. The average Bonchev–Trinajstić information content (AvgIpc) is 3.43. The zero-order valence-corrected chi connectivity index (χ0v) is 20.2. The number of aromatic nitrogens is 4. The second-order valence-corrected chi connectivity index (χ2v) is 8.10. The maximum absolute atomic E-state index is 10.5. The number of H-pyrrole nitrogens is 1. The van der Waals surface area contributed by atoms with Gasteiger partial charge in [0.15, 0.2) is 0 Å². The van der Waals surface area contributed by atoms with Crippen molar-refractivity contribution in [1.82, 2.24) is 20.1 Å². The van der Waals surface area contributed by atoms with Crippen LogP contribution in [0, 0.1) is 20.8 Å². The molecule has 5 aromatic rings. The van der Waals surface area contributed by atoms with E-state index < -0.39 is 6.10 Å². The van der Waals surface area contributed by atoms with E-state index in [9.17, 15) is 10.2 Å². The Balaban J connectivity index is 0.00000133. The largest absolute Gasteiger partial charge is 0.396 e. The van der Waals surface area contributed by atoms with Gasteiger partial charge in [0.1, 0.15) is 17.7 Å². The van der Waals surface area contributed by atoms with Gasteiger partial charge in [0.2, 0.25) is 0 Å². The zero-order valence-electron chi connectivity index (χ0n) is 20.2. The highest BCUT2D eigenvalue weighted by molar-refractivity contribution is 6.05. The molecule has 3 aromatic heterocycles. The smallest absolute Gasteiger partial charge is 0.141 e. The van der Waals surface area contributed by atoms with E-state index in [0.29, 0.717) is 5.82 Å². The molecule has 0 fully saturated rings. The Morgan fingerprint density at radius 2 is 1.85 bits per heavy atom. The molecule has 3 N–H and O–H groups in total. The van der Waals surface area contributed by atoms with Crippen LogP contribution in [0.3, 0.4) is 0 Å². The van der Waals surface area contributed by atoms with Crippen LogP contribution in [-0.4, -0.2) is 36.9 Å².